The van der Waals surface area contributed by atoms with Crippen LogP contribution in [-0.2, 0) is 33.0 Å². The fourth-order valence-electron chi connectivity index (χ4n) is 10.5. The monoisotopic (exact) mass is 847 g/mol. The average molecular weight is 848 g/mol. The largest absolute Gasteiger partial charge is 0.395 e. The number of anilines is 3. The van der Waals surface area contributed by atoms with Gasteiger partial charge in [0.2, 0.25) is 8.41 Å². The van der Waals surface area contributed by atoms with E-state index in [2.05, 4.69) is 32.7 Å². The second-order valence-corrected chi connectivity index (χ2v) is 21.5. The third-order valence-electron chi connectivity index (χ3n) is 13.4. The van der Waals surface area contributed by atoms with Crippen LogP contribution >= 0.6 is 11.6 Å². The van der Waals surface area contributed by atoms with Gasteiger partial charge in [0.05, 0.1) is 43.2 Å². The van der Waals surface area contributed by atoms with Gasteiger partial charge in [0.15, 0.2) is 5.60 Å². The van der Waals surface area contributed by atoms with Gasteiger partial charge < -0.3 is 29.1 Å². The highest BCUT2D eigenvalue weighted by atomic mass is 35.5. The lowest BCUT2D eigenvalue weighted by Gasteiger charge is -2.39. The molecule has 5 aromatic rings. The molecule has 4 aromatic carbocycles. The van der Waals surface area contributed by atoms with E-state index in [4.69, 9.17) is 16.3 Å². The number of hydrogen-bond acceptors (Lipinski definition) is 8. The van der Waals surface area contributed by atoms with Crippen LogP contribution < -0.4 is 20.0 Å². The number of aliphatic hydroxyl groups excluding tert-OH is 1. The van der Waals surface area contributed by atoms with E-state index in [1.807, 2.05) is 96.9 Å². The molecule has 0 saturated carbocycles. The number of hydrogen-bond donors (Lipinski definition) is 2. The number of nitrogens with one attached hydrogen (secondary N) is 1. The summed E-state index contributed by atoms with van der Waals surface area (Å²) in [4.78, 5) is 35.2. The van der Waals surface area contributed by atoms with Crippen molar-refractivity contribution in [2.75, 3.05) is 41.1 Å². The minimum absolute atomic E-state index is 0.102. The molecule has 14 heteroatoms. The lowest BCUT2D eigenvalue weighted by Crippen LogP contribution is -2.55. The van der Waals surface area contributed by atoms with E-state index in [0.29, 0.717) is 41.6 Å². The van der Waals surface area contributed by atoms with Crippen LogP contribution in [0.4, 0.5) is 21.2 Å². The number of benzene rings is 4. The number of piperidine rings is 1. The molecule has 0 radical (unpaired) electrons. The minimum Gasteiger partial charge on any atom is -0.395 e. The molecule has 4 aliphatic rings. The Hall–Kier alpha value is -4.92. The Kier molecular flexibility index (Phi) is 10.7. The van der Waals surface area contributed by atoms with E-state index in [9.17, 15) is 9.90 Å². The van der Waals surface area contributed by atoms with Crippen LogP contribution in [0.2, 0.25) is 23.7 Å². The third-order valence-corrected chi connectivity index (χ3v) is 16.1. The van der Waals surface area contributed by atoms with Crippen molar-refractivity contribution in [3.8, 4) is 0 Å². The van der Waals surface area contributed by atoms with Gasteiger partial charge in [-0.1, -0.05) is 84.4 Å². The van der Waals surface area contributed by atoms with Crippen molar-refractivity contribution in [2.24, 2.45) is 5.92 Å². The highest BCUT2D eigenvalue weighted by molar-refractivity contribution is 6.72. The van der Waals surface area contributed by atoms with Gasteiger partial charge in [-0.3, -0.25) is 19.2 Å². The van der Waals surface area contributed by atoms with Gasteiger partial charge in [-0.2, -0.15) is 0 Å². The normalized spacial score (nSPS) is 24.2. The predicted molar refractivity (Wildman–Crippen MR) is 233 cm³/mol. The van der Waals surface area contributed by atoms with Gasteiger partial charge in [0, 0.05) is 46.2 Å². The first-order chi connectivity index (χ1) is 28.9. The van der Waals surface area contributed by atoms with E-state index >= 15 is 8.90 Å². The predicted octanol–water partition coefficient (Wildman–Crippen LogP) is 7.40. The number of aromatic nitrogens is 3. The van der Waals surface area contributed by atoms with E-state index in [-0.39, 0.29) is 30.9 Å². The molecule has 0 bridgehead atoms. The number of amides is 2. The minimum atomic E-state index is -3.42. The number of para-hydroxylation sites is 1. The topological polar surface area (TPSA) is 116 Å². The SMILES string of the molecule is C[C@@H]1[C@@H]([Si](C)(C)F)[C@H](CCn2cc(C(CO)c3ccccc3)nn2)O[C@@]12C(=O)N(Cc1ccc(N3CN(c4ccccc4)C4(CCNCC4)C3=O)cc1)c1ccc(Cl)cc12. The van der Waals surface area contributed by atoms with Crippen molar-refractivity contribution >= 4 is 48.9 Å². The molecule has 1 unspecified atom stereocenters. The fourth-order valence-corrected chi connectivity index (χ4v) is 13.2. The van der Waals surface area contributed by atoms with Crippen LogP contribution in [0.3, 0.4) is 0 Å². The number of fused-ring (bicyclic) bond motifs is 2. The maximum Gasteiger partial charge on any atom is 0.264 e. The molecular weight excluding hydrogens is 797 g/mol. The Bertz CT molecular complexity index is 2360. The van der Waals surface area contributed by atoms with E-state index in [1.54, 1.807) is 34.8 Å². The van der Waals surface area contributed by atoms with Crippen LogP contribution in [0.5, 0.6) is 0 Å². The molecule has 2 spiro atoms. The maximum absolute atomic E-state index is 16.6. The molecule has 312 valence electrons. The molecule has 3 fully saturated rings. The molecule has 11 nitrogen and oxygen atoms in total. The highest BCUT2D eigenvalue weighted by Crippen LogP contribution is 2.60. The van der Waals surface area contributed by atoms with Gasteiger partial charge >= 0.3 is 0 Å². The summed E-state index contributed by atoms with van der Waals surface area (Å²) >= 11 is 6.64. The zero-order chi connectivity index (χ0) is 41.8. The Morgan fingerprint density at radius 2 is 1.65 bits per heavy atom. The van der Waals surface area contributed by atoms with Gasteiger partial charge in [-0.05, 0) is 99.0 Å². The molecule has 2 amide bonds. The van der Waals surface area contributed by atoms with Crippen LogP contribution in [-0.4, -0.2) is 78.3 Å². The quantitative estimate of drug-likeness (QED) is 0.105. The number of rotatable bonds is 11. The molecule has 0 aliphatic carbocycles. The first-order valence-corrected chi connectivity index (χ1v) is 24.3. The molecular formula is C46H51ClFN7O4Si. The first-order valence-electron chi connectivity index (χ1n) is 20.9. The summed E-state index contributed by atoms with van der Waals surface area (Å²) in [6.45, 7) is 7.86. The van der Waals surface area contributed by atoms with E-state index in [1.165, 1.54) is 0 Å². The standard InChI is InChI=1S/C46H51ClFN7O4Si/c1-31-42(60(2,3)48)41(20-25-52-28-39(50-51-52)37(29-56)33-10-6-4-7-11-33)59-46(31)38-26-34(47)16-19-40(38)53(44(46)58)27-32-14-17-35(18-15-32)54-30-55(36-12-8-5-9-13-36)45(43(54)57)21-23-49-24-22-45/h4-19,26,28,31,37,41-42,49,56H,20-25,27,29-30H2,1-3H3/t31-,37?,41+,42-,46+/m1/s1. The van der Waals surface area contributed by atoms with Crippen molar-refractivity contribution < 1.29 is 23.5 Å². The maximum atomic E-state index is 16.6. The number of carbonyl (C=O) groups is 2. The lowest BCUT2D eigenvalue weighted by atomic mass is 9.82. The summed E-state index contributed by atoms with van der Waals surface area (Å²) in [7, 11) is -3.42. The second-order valence-electron chi connectivity index (χ2n) is 17.3. The third kappa shape index (κ3) is 6.84. The number of aryl methyl sites for hydroxylation is 1. The molecule has 2 N–H and O–H groups in total. The van der Waals surface area contributed by atoms with Crippen molar-refractivity contribution in [1.29, 1.82) is 0 Å². The molecule has 4 aliphatic heterocycles. The number of ether oxygens (including phenoxy) is 1. The van der Waals surface area contributed by atoms with Crippen molar-refractivity contribution in [3.05, 3.63) is 137 Å². The average Bonchev–Trinajstić information content (AvgIpc) is 3.98. The summed E-state index contributed by atoms with van der Waals surface area (Å²) in [6.07, 6.45) is 3.11. The Balaban J connectivity index is 0.963. The zero-order valence-corrected chi connectivity index (χ0v) is 35.9. The van der Waals surface area contributed by atoms with E-state index in [0.717, 1.165) is 48.4 Å². The molecule has 5 heterocycles. The number of aliphatic hydroxyl groups is 1. The van der Waals surface area contributed by atoms with Crippen LogP contribution in [0.1, 0.15) is 54.5 Å². The van der Waals surface area contributed by atoms with Gasteiger partial charge in [0.25, 0.3) is 11.8 Å². The Morgan fingerprint density at radius 1 is 0.950 bits per heavy atom. The molecule has 5 atom stereocenters. The van der Waals surface area contributed by atoms with Crippen LogP contribution in [0, 0.1) is 5.92 Å². The molecule has 60 heavy (non-hydrogen) atoms. The highest BCUT2D eigenvalue weighted by Gasteiger charge is 2.66. The van der Waals surface area contributed by atoms with Crippen LogP contribution in [0.25, 0.3) is 0 Å². The van der Waals surface area contributed by atoms with Crippen molar-refractivity contribution in [3.63, 3.8) is 0 Å². The lowest BCUT2D eigenvalue weighted by molar-refractivity contribution is -0.146. The number of halogens is 2. The summed E-state index contributed by atoms with van der Waals surface area (Å²) in [5, 5.41) is 22.8. The molecule has 1 aromatic heterocycles. The fraction of sp³-hybridized carbons (Fsp3) is 0.391. The van der Waals surface area contributed by atoms with Crippen LogP contribution in [0.15, 0.2) is 109 Å². The second kappa shape index (κ2) is 15.8. The summed E-state index contributed by atoms with van der Waals surface area (Å²) in [5.41, 5.74) is 3.10. The first kappa shape index (κ1) is 40.5. The van der Waals surface area contributed by atoms with Gasteiger partial charge in [0.1, 0.15) is 5.54 Å². The van der Waals surface area contributed by atoms with Crippen molar-refractivity contribution in [1.82, 2.24) is 20.3 Å². The molecule has 9 rings (SSSR count). The summed E-state index contributed by atoms with van der Waals surface area (Å²) < 4.78 is 25.3. The Labute approximate surface area is 356 Å². The number of carbonyl (C=O) groups excluding carboxylic acids is 2. The smallest absolute Gasteiger partial charge is 0.264 e. The Morgan fingerprint density at radius 3 is 2.33 bits per heavy atom. The van der Waals surface area contributed by atoms with Gasteiger partial charge in [-0.25, -0.2) is 0 Å². The summed E-state index contributed by atoms with van der Waals surface area (Å²) in [6, 6.07) is 33.1. The number of nitrogens with zero attached hydrogens (tertiary/aromatic N) is 6. The van der Waals surface area contributed by atoms with Gasteiger partial charge in [-0.15, -0.1) is 5.10 Å². The molecule has 3 saturated heterocycles. The zero-order valence-electron chi connectivity index (χ0n) is 34.2. The van der Waals surface area contributed by atoms with Crippen molar-refractivity contribution in [2.45, 2.75) is 81.1 Å². The van der Waals surface area contributed by atoms with E-state index < -0.39 is 37.1 Å². The summed E-state index contributed by atoms with van der Waals surface area (Å²) in [5.74, 6) is -0.940.